The molecule has 0 heterocycles. The van der Waals surface area contributed by atoms with E-state index in [-0.39, 0.29) is 5.91 Å². The van der Waals surface area contributed by atoms with Crippen LogP contribution in [0.4, 0.5) is 16.2 Å². The lowest BCUT2D eigenvalue weighted by Crippen LogP contribution is -2.45. The number of rotatable bonds is 12. The maximum atomic E-state index is 13.1. The summed E-state index contributed by atoms with van der Waals surface area (Å²) in [5.41, 5.74) is 10.4. The van der Waals surface area contributed by atoms with Crippen molar-refractivity contribution in [3.05, 3.63) is 84.4 Å². The molecular weight excluding hydrogens is 486 g/mol. The number of hydrogen-bond donors (Lipinski definition) is 5. The van der Waals surface area contributed by atoms with E-state index in [1.807, 2.05) is 78.9 Å². The number of urea groups is 1. The van der Waals surface area contributed by atoms with Gasteiger partial charge in [0.1, 0.15) is 6.04 Å². The minimum atomic E-state index is -0.673. The Morgan fingerprint density at radius 1 is 0.769 bits per heavy atom. The Hall–Kier alpha value is -3.68. The summed E-state index contributed by atoms with van der Waals surface area (Å²) in [6.07, 6.45) is 8.50. The van der Waals surface area contributed by atoms with E-state index in [9.17, 15) is 9.59 Å². The van der Waals surface area contributed by atoms with Crippen molar-refractivity contribution in [3.8, 4) is 11.1 Å². The van der Waals surface area contributed by atoms with Gasteiger partial charge < -0.3 is 27.0 Å². The Bertz CT molecular complexity index is 1160. The zero-order chi connectivity index (χ0) is 27.3. The molecule has 3 aromatic carbocycles. The average Bonchev–Trinajstić information content (AvgIpc) is 2.98. The maximum absolute atomic E-state index is 13.1. The number of anilines is 2. The summed E-state index contributed by atoms with van der Waals surface area (Å²) >= 11 is 0. The largest absolute Gasteiger partial charge is 0.330 e. The van der Waals surface area contributed by atoms with E-state index < -0.39 is 12.1 Å². The van der Waals surface area contributed by atoms with Gasteiger partial charge in [-0.2, -0.15) is 0 Å². The SMILES string of the molecule is NCCCCC(NC(=O)Nc1ccc(-c2ccccc2)cc1)C(=O)Nc1ccc(CNC2CCCCC2)cc1. The van der Waals surface area contributed by atoms with E-state index in [2.05, 4.69) is 21.3 Å². The van der Waals surface area contributed by atoms with Gasteiger partial charge in [0.05, 0.1) is 0 Å². The molecule has 1 atom stereocenters. The van der Waals surface area contributed by atoms with Gasteiger partial charge in [-0.3, -0.25) is 4.79 Å². The molecule has 206 valence electrons. The zero-order valence-electron chi connectivity index (χ0n) is 22.6. The second-order valence-electron chi connectivity index (χ2n) is 10.3. The highest BCUT2D eigenvalue weighted by Crippen LogP contribution is 2.21. The van der Waals surface area contributed by atoms with Crippen LogP contribution in [0.1, 0.15) is 56.9 Å². The molecule has 0 aromatic heterocycles. The Morgan fingerprint density at radius 3 is 2.10 bits per heavy atom. The molecule has 7 nitrogen and oxygen atoms in total. The van der Waals surface area contributed by atoms with E-state index >= 15 is 0 Å². The molecule has 1 saturated carbocycles. The van der Waals surface area contributed by atoms with Crippen molar-refractivity contribution in [1.82, 2.24) is 10.6 Å². The Balaban J connectivity index is 1.30. The topological polar surface area (TPSA) is 108 Å². The van der Waals surface area contributed by atoms with Crippen molar-refractivity contribution in [2.45, 2.75) is 70.0 Å². The third-order valence-electron chi connectivity index (χ3n) is 7.24. The standard InChI is InChI=1S/C32H41N5O2/c33-22-8-7-13-30(37-32(39)36-29-20-16-26(17-21-29)25-9-3-1-4-10-25)31(38)35-28-18-14-24(15-19-28)23-34-27-11-5-2-6-12-27/h1,3-4,9-10,14-21,27,30,34H,2,5-8,11-13,22-23,33H2,(H,35,38)(H2,36,37,39). The molecule has 1 unspecified atom stereocenters. The first-order valence-electron chi connectivity index (χ1n) is 14.2. The summed E-state index contributed by atoms with van der Waals surface area (Å²) in [6, 6.07) is 25.1. The zero-order valence-corrected chi connectivity index (χ0v) is 22.6. The van der Waals surface area contributed by atoms with Crippen molar-refractivity contribution in [1.29, 1.82) is 0 Å². The second-order valence-corrected chi connectivity index (χ2v) is 10.3. The van der Waals surface area contributed by atoms with Gasteiger partial charge in [0.15, 0.2) is 0 Å². The first-order valence-corrected chi connectivity index (χ1v) is 14.2. The molecule has 0 aliphatic heterocycles. The lowest BCUT2D eigenvalue weighted by molar-refractivity contribution is -0.118. The summed E-state index contributed by atoms with van der Waals surface area (Å²) in [5.74, 6) is -0.241. The Labute approximate surface area is 232 Å². The molecule has 6 N–H and O–H groups in total. The molecule has 1 fully saturated rings. The monoisotopic (exact) mass is 527 g/mol. The van der Waals surface area contributed by atoms with Crippen LogP contribution in [0.5, 0.6) is 0 Å². The summed E-state index contributed by atoms with van der Waals surface area (Å²) in [5, 5.41) is 12.3. The third-order valence-corrected chi connectivity index (χ3v) is 7.24. The summed E-state index contributed by atoms with van der Waals surface area (Å²) in [6.45, 7) is 1.37. The van der Waals surface area contributed by atoms with E-state index in [1.165, 1.54) is 37.7 Å². The van der Waals surface area contributed by atoms with Crippen LogP contribution in [0.25, 0.3) is 11.1 Å². The number of unbranched alkanes of at least 4 members (excludes halogenated alkanes) is 1. The highest BCUT2D eigenvalue weighted by Gasteiger charge is 2.21. The van der Waals surface area contributed by atoms with Gasteiger partial charge in [-0.05, 0) is 79.6 Å². The third kappa shape index (κ3) is 9.23. The number of nitrogens with one attached hydrogen (secondary N) is 4. The molecule has 39 heavy (non-hydrogen) atoms. The molecule has 4 rings (SSSR count). The molecule has 0 bridgehead atoms. The minimum absolute atomic E-state index is 0.241. The fourth-order valence-corrected chi connectivity index (χ4v) is 4.97. The first-order chi connectivity index (χ1) is 19.1. The first kappa shape index (κ1) is 28.3. The summed E-state index contributed by atoms with van der Waals surface area (Å²) in [7, 11) is 0. The highest BCUT2D eigenvalue weighted by atomic mass is 16.2. The van der Waals surface area contributed by atoms with Crippen LogP contribution in [0.2, 0.25) is 0 Å². The number of benzene rings is 3. The van der Waals surface area contributed by atoms with Crippen molar-refractivity contribution in [2.75, 3.05) is 17.2 Å². The average molecular weight is 528 g/mol. The molecule has 3 aromatic rings. The molecule has 1 aliphatic carbocycles. The van der Waals surface area contributed by atoms with Gasteiger partial charge in [-0.25, -0.2) is 4.79 Å². The van der Waals surface area contributed by atoms with E-state index in [0.29, 0.717) is 30.4 Å². The summed E-state index contributed by atoms with van der Waals surface area (Å²) < 4.78 is 0. The fourth-order valence-electron chi connectivity index (χ4n) is 4.97. The molecule has 1 aliphatic rings. The summed E-state index contributed by atoms with van der Waals surface area (Å²) in [4.78, 5) is 25.9. The maximum Gasteiger partial charge on any atom is 0.319 e. The highest BCUT2D eigenvalue weighted by molar-refractivity contribution is 5.99. The van der Waals surface area contributed by atoms with Gasteiger partial charge >= 0.3 is 6.03 Å². The van der Waals surface area contributed by atoms with Crippen molar-refractivity contribution < 1.29 is 9.59 Å². The fraction of sp³-hybridized carbons (Fsp3) is 0.375. The Kier molecular flexibility index (Phi) is 10.9. The van der Waals surface area contributed by atoms with E-state index in [1.54, 1.807) is 0 Å². The number of carbonyl (C=O) groups excluding carboxylic acids is 2. The molecule has 7 heteroatoms. The molecule has 0 saturated heterocycles. The molecular formula is C32H41N5O2. The second kappa shape index (κ2) is 15.0. The van der Waals surface area contributed by atoms with Crippen LogP contribution in [0.3, 0.4) is 0 Å². The van der Waals surface area contributed by atoms with Gasteiger partial charge in [0, 0.05) is 24.0 Å². The van der Waals surface area contributed by atoms with Gasteiger partial charge in [0.2, 0.25) is 5.91 Å². The minimum Gasteiger partial charge on any atom is -0.330 e. The number of amides is 3. The smallest absolute Gasteiger partial charge is 0.319 e. The van der Waals surface area contributed by atoms with Crippen LogP contribution < -0.4 is 27.0 Å². The van der Waals surface area contributed by atoms with Crippen LogP contribution in [-0.4, -0.2) is 30.6 Å². The number of hydrogen-bond acceptors (Lipinski definition) is 4. The van der Waals surface area contributed by atoms with E-state index in [4.69, 9.17) is 5.73 Å². The predicted molar refractivity (Wildman–Crippen MR) is 160 cm³/mol. The van der Waals surface area contributed by atoms with Gasteiger partial charge in [-0.1, -0.05) is 73.9 Å². The van der Waals surface area contributed by atoms with Gasteiger partial charge in [0.25, 0.3) is 0 Å². The van der Waals surface area contributed by atoms with Gasteiger partial charge in [-0.15, -0.1) is 0 Å². The van der Waals surface area contributed by atoms with Crippen LogP contribution in [-0.2, 0) is 11.3 Å². The van der Waals surface area contributed by atoms with Crippen LogP contribution >= 0.6 is 0 Å². The van der Waals surface area contributed by atoms with Crippen LogP contribution in [0.15, 0.2) is 78.9 Å². The number of nitrogens with two attached hydrogens (primary N) is 1. The molecule has 0 radical (unpaired) electrons. The van der Waals surface area contributed by atoms with Crippen molar-refractivity contribution in [2.24, 2.45) is 5.73 Å². The predicted octanol–water partition coefficient (Wildman–Crippen LogP) is 6.03. The molecule has 3 amide bonds. The van der Waals surface area contributed by atoms with Crippen LogP contribution in [0, 0.1) is 0 Å². The van der Waals surface area contributed by atoms with Crippen molar-refractivity contribution >= 4 is 23.3 Å². The Morgan fingerprint density at radius 2 is 1.41 bits per heavy atom. The normalized spacial score (nSPS) is 14.4. The molecule has 0 spiro atoms. The number of carbonyl (C=O) groups is 2. The quantitative estimate of drug-likeness (QED) is 0.185. The van der Waals surface area contributed by atoms with E-state index in [0.717, 1.165) is 30.5 Å². The van der Waals surface area contributed by atoms with Crippen molar-refractivity contribution in [3.63, 3.8) is 0 Å². The lowest BCUT2D eigenvalue weighted by Gasteiger charge is -2.23. The lowest BCUT2D eigenvalue weighted by atomic mass is 9.95.